The van der Waals surface area contributed by atoms with Crippen LogP contribution in [0.5, 0.6) is 0 Å². The summed E-state index contributed by atoms with van der Waals surface area (Å²) < 4.78 is 0. The summed E-state index contributed by atoms with van der Waals surface area (Å²) in [6, 6.07) is 4.15. The first kappa shape index (κ1) is 31.2. The third-order valence-electron chi connectivity index (χ3n) is 6.14. The molecule has 0 saturated carbocycles. The molecule has 0 heterocycles. The van der Waals surface area contributed by atoms with Gasteiger partial charge in [-0.05, 0) is 68.6 Å². The van der Waals surface area contributed by atoms with E-state index in [9.17, 15) is 14.4 Å². The Morgan fingerprint density at radius 2 is 1.48 bits per heavy atom. The van der Waals surface area contributed by atoms with E-state index in [0.717, 1.165) is 43.2 Å². The van der Waals surface area contributed by atoms with E-state index < -0.39 is 0 Å². The SMILES string of the molecule is CCC.CCC.CCCC(CC1CC(=O)c2c(C)ccc(C)c2C1)C(CC)C(=O)CC(C)=O. The molecule has 0 N–H and O–H groups in total. The van der Waals surface area contributed by atoms with Crippen LogP contribution >= 0.6 is 0 Å². The molecule has 0 aliphatic heterocycles. The zero-order valence-electron chi connectivity index (χ0n) is 23.0. The van der Waals surface area contributed by atoms with E-state index in [4.69, 9.17) is 0 Å². The summed E-state index contributed by atoms with van der Waals surface area (Å²) in [6.07, 6.45) is 7.71. The Morgan fingerprint density at radius 1 is 0.939 bits per heavy atom. The minimum Gasteiger partial charge on any atom is -0.300 e. The van der Waals surface area contributed by atoms with Crippen LogP contribution in [0.25, 0.3) is 0 Å². The van der Waals surface area contributed by atoms with Gasteiger partial charge in [0.05, 0.1) is 6.42 Å². The molecule has 3 atom stereocenters. The maximum absolute atomic E-state index is 12.8. The second-order valence-electron chi connectivity index (χ2n) is 9.81. The number of aryl methyl sites for hydroxylation is 2. The average molecular weight is 459 g/mol. The largest absolute Gasteiger partial charge is 0.300 e. The maximum Gasteiger partial charge on any atom is 0.163 e. The van der Waals surface area contributed by atoms with Crippen LogP contribution in [0.3, 0.4) is 0 Å². The van der Waals surface area contributed by atoms with Crippen LogP contribution in [0.1, 0.15) is 127 Å². The lowest BCUT2D eigenvalue weighted by atomic mass is 9.71. The van der Waals surface area contributed by atoms with Crippen LogP contribution in [-0.4, -0.2) is 17.3 Å². The molecule has 2 rings (SSSR count). The molecular formula is C30H50O3. The van der Waals surface area contributed by atoms with Gasteiger partial charge in [0.25, 0.3) is 0 Å². The predicted molar refractivity (Wildman–Crippen MR) is 141 cm³/mol. The van der Waals surface area contributed by atoms with Crippen LogP contribution < -0.4 is 0 Å². The fraction of sp³-hybridized carbons (Fsp3) is 0.700. The molecule has 188 valence electrons. The lowest BCUT2D eigenvalue weighted by Gasteiger charge is -2.32. The van der Waals surface area contributed by atoms with Crippen molar-refractivity contribution in [3.05, 3.63) is 34.4 Å². The van der Waals surface area contributed by atoms with Crippen molar-refractivity contribution < 1.29 is 14.4 Å². The Balaban J connectivity index is 0.00000154. The van der Waals surface area contributed by atoms with Crippen molar-refractivity contribution in [2.75, 3.05) is 0 Å². The third kappa shape index (κ3) is 10.4. The second-order valence-corrected chi connectivity index (χ2v) is 9.81. The van der Waals surface area contributed by atoms with Gasteiger partial charge in [-0.25, -0.2) is 0 Å². The van der Waals surface area contributed by atoms with Crippen molar-refractivity contribution in [3.63, 3.8) is 0 Å². The summed E-state index contributed by atoms with van der Waals surface area (Å²) in [5.41, 5.74) is 4.40. The molecule has 1 aliphatic rings. The van der Waals surface area contributed by atoms with Crippen LogP contribution in [0.4, 0.5) is 0 Å². The van der Waals surface area contributed by atoms with Crippen LogP contribution in [-0.2, 0) is 16.0 Å². The number of benzene rings is 1. The van der Waals surface area contributed by atoms with Crippen molar-refractivity contribution in [1.82, 2.24) is 0 Å². The highest BCUT2D eigenvalue weighted by Gasteiger charge is 2.33. The molecule has 0 spiro atoms. The molecule has 1 aromatic rings. The van der Waals surface area contributed by atoms with Crippen molar-refractivity contribution in [3.8, 4) is 0 Å². The number of ketones is 3. The highest BCUT2D eigenvalue weighted by molar-refractivity contribution is 6.00. The van der Waals surface area contributed by atoms with E-state index >= 15 is 0 Å². The number of hydrogen-bond acceptors (Lipinski definition) is 3. The van der Waals surface area contributed by atoms with E-state index in [2.05, 4.69) is 47.6 Å². The van der Waals surface area contributed by atoms with Gasteiger partial charge in [-0.1, -0.05) is 79.4 Å². The van der Waals surface area contributed by atoms with Gasteiger partial charge >= 0.3 is 0 Å². The van der Waals surface area contributed by atoms with Gasteiger partial charge in [0, 0.05) is 17.9 Å². The Bertz CT molecular complexity index is 745. The summed E-state index contributed by atoms with van der Waals surface area (Å²) >= 11 is 0. The fourth-order valence-corrected chi connectivity index (χ4v) is 4.89. The fourth-order valence-electron chi connectivity index (χ4n) is 4.89. The molecule has 3 unspecified atom stereocenters. The van der Waals surface area contributed by atoms with Crippen molar-refractivity contribution in [2.45, 2.75) is 120 Å². The quantitative estimate of drug-likeness (QED) is 0.350. The smallest absolute Gasteiger partial charge is 0.163 e. The van der Waals surface area contributed by atoms with Crippen molar-refractivity contribution in [2.24, 2.45) is 17.8 Å². The number of rotatable bonds is 9. The molecule has 1 aliphatic carbocycles. The van der Waals surface area contributed by atoms with E-state index in [1.165, 1.54) is 30.9 Å². The Kier molecular flexibility index (Phi) is 15.9. The van der Waals surface area contributed by atoms with Crippen LogP contribution in [0.2, 0.25) is 0 Å². The normalized spacial score (nSPS) is 16.4. The lowest BCUT2D eigenvalue weighted by molar-refractivity contribution is -0.129. The Hall–Kier alpha value is -1.77. The van der Waals surface area contributed by atoms with Gasteiger partial charge in [0.1, 0.15) is 11.6 Å². The van der Waals surface area contributed by atoms with Gasteiger partial charge in [-0.2, -0.15) is 0 Å². The molecule has 3 nitrogen and oxygen atoms in total. The van der Waals surface area contributed by atoms with E-state index in [-0.39, 0.29) is 35.6 Å². The molecule has 0 saturated heterocycles. The van der Waals surface area contributed by atoms with Crippen molar-refractivity contribution in [1.29, 1.82) is 0 Å². The average Bonchev–Trinajstić information content (AvgIpc) is 2.72. The highest BCUT2D eigenvalue weighted by atomic mass is 16.1. The summed E-state index contributed by atoms with van der Waals surface area (Å²) in [4.78, 5) is 36.9. The summed E-state index contributed by atoms with van der Waals surface area (Å²) in [5, 5.41) is 0. The first-order valence-electron chi connectivity index (χ1n) is 13.3. The van der Waals surface area contributed by atoms with Crippen molar-refractivity contribution >= 4 is 17.3 Å². The highest BCUT2D eigenvalue weighted by Crippen LogP contribution is 2.37. The van der Waals surface area contributed by atoms with Gasteiger partial charge in [0.2, 0.25) is 0 Å². The molecule has 0 aromatic heterocycles. The monoisotopic (exact) mass is 458 g/mol. The molecule has 0 bridgehead atoms. The Morgan fingerprint density at radius 3 is 1.97 bits per heavy atom. The molecule has 3 heteroatoms. The molecule has 0 amide bonds. The number of carbonyl (C=O) groups is 3. The molecule has 0 fully saturated rings. The predicted octanol–water partition coefficient (Wildman–Crippen LogP) is 8.26. The minimum atomic E-state index is -0.0658. The summed E-state index contributed by atoms with van der Waals surface area (Å²) in [7, 11) is 0. The summed E-state index contributed by atoms with van der Waals surface area (Å²) in [5.74, 6) is 0.766. The van der Waals surface area contributed by atoms with Crippen LogP contribution in [0, 0.1) is 31.6 Å². The van der Waals surface area contributed by atoms with E-state index in [0.29, 0.717) is 12.3 Å². The van der Waals surface area contributed by atoms with E-state index in [1.807, 2.05) is 19.9 Å². The Labute approximate surface area is 204 Å². The number of fused-ring (bicyclic) bond motifs is 1. The lowest BCUT2D eigenvalue weighted by Crippen LogP contribution is -2.30. The number of hydrogen-bond donors (Lipinski definition) is 0. The molecular weight excluding hydrogens is 408 g/mol. The standard InChI is InChI=1S/C24H34O3.2C3H8/c1-6-8-19(20(7-2)22(26)11-17(5)25)12-18-13-21-15(3)9-10-16(4)24(21)23(27)14-18;2*1-3-2/h9-10,18-20H,6-8,11-14H2,1-5H3;2*3H2,1-2H3. The van der Waals surface area contributed by atoms with Gasteiger partial charge < -0.3 is 0 Å². The topological polar surface area (TPSA) is 51.2 Å². The van der Waals surface area contributed by atoms with Gasteiger partial charge in [0.15, 0.2) is 5.78 Å². The number of Topliss-reactive ketones (excluding diaryl/α,β-unsaturated/α-hetero) is 3. The first-order valence-corrected chi connectivity index (χ1v) is 13.3. The molecule has 0 radical (unpaired) electrons. The zero-order chi connectivity index (χ0) is 25.6. The number of carbonyl (C=O) groups excluding carboxylic acids is 3. The molecule has 33 heavy (non-hydrogen) atoms. The van der Waals surface area contributed by atoms with E-state index in [1.54, 1.807) is 0 Å². The van der Waals surface area contributed by atoms with Gasteiger partial charge in [-0.15, -0.1) is 0 Å². The third-order valence-corrected chi connectivity index (χ3v) is 6.14. The first-order chi connectivity index (χ1) is 15.6. The van der Waals surface area contributed by atoms with Gasteiger partial charge in [-0.3, -0.25) is 14.4 Å². The zero-order valence-corrected chi connectivity index (χ0v) is 23.0. The molecule has 1 aromatic carbocycles. The van der Waals surface area contributed by atoms with Crippen LogP contribution in [0.15, 0.2) is 12.1 Å². The summed E-state index contributed by atoms with van der Waals surface area (Å²) in [6.45, 7) is 18.3. The minimum absolute atomic E-state index is 0.0451. The maximum atomic E-state index is 12.8. The second kappa shape index (κ2) is 16.8.